The van der Waals surface area contributed by atoms with Crippen LogP contribution in [-0.4, -0.2) is 37.4 Å². The average molecular weight is 220 g/mol. The van der Waals surface area contributed by atoms with Crippen molar-refractivity contribution >= 4 is 0 Å². The Bertz CT molecular complexity index is 384. The highest BCUT2D eigenvalue weighted by Crippen LogP contribution is 2.34. The molecule has 0 saturated carbocycles. The summed E-state index contributed by atoms with van der Waals surface area (Å²) in [7, 11) is 4.12. The van der Waals surface area contributed by atoms with Crippen molar-refractivity contribution in [3.05, 3.63) is 23.3 Å². The van der Waals surface area contributed by atoms with Crippen molar-refractivity contribution < 1.29 is 9.47 Å². The predicted molar refractivity (Wildman–Crippen MR) is 60.4 cm³/mol. The van der Waals surface area contributed by atoms with E-state index in [9.17, 15) is 0 Å². The van der Waals surface area contributed by atoms with Crippen LogP contribution in [0.4, 0.5) is 0 Å². The fourth-order valence-corrected chi connectivity index (χ4v) is 2.21. The maximum absolute atomic E-state index is 5.66. The van der Waals surface area contributed by atoms with E-state index in [4.69, 9.17) is 9.47 Å². The SMILES string of the molecule is CN1COc2cc3c(cc2C1)CN(C)CO3. The average Bonchev–Trinajstić information content (AvgIpc) is 2.26. The molecular formula is C12H16N2O2. The fraction of sp³-hybridized carbons (Fsp3) is 0.500. The molecule has 0 aliphatic carbocycles. The van der Waals surface area contributed by atoms with Crippen LogP contribution in [0.1, 0.15) is 11.1 Å². The highest BCUT2D eigenvalue weighted by molar-refractivity contribution is 5.47. The first-order valence-corrected chi connectivity index (χ1v) is 5.51. The zero-order valence-corrected chi connectivity index (χ0v) is 9.69. The minimum atomic E-state index is 0.658. The van der Waals surface area contributed by atoms with Crippen LogP contribution in [0.15, 0.2) is 12.1 Å². The quantitative estimate of drug-likeness (QED) is 0.657. The van der Waals surface area contributed by atoms with Crippen molar-refractivity contribution in [2.24, 2.45) is 0 Å². The van der Waals surface area contributed by atoms with Gasteiger partial charge in [-0.3, -0.25) is 9.80 Å². The van der Waals surface area contributed by atoms with Gasteiger partial charge in [0.25, 0.3) is 0 Å². The largest absolute Gasteiger partial charge is 0.478 e. The maximum Gasteiger partial charge on any atom is 0.142 e. The van der Waals surface area contributed by atoms with Gasteiger partial charge in [0, 0.05) is 30.3 Å². The topological polar surface area (TPSA) is 24.9 Å². The monoisotopic (exact) mass is 220 g/mol. The predicted octanol–water partition coefficient (Wildman–Crippen LogP) is 1.25. The number of hydrogen-bond acceptors (Lipinski definition) is 4. The Morgan fingerprint density at radius 2 is 1.38 bits per heavy atom. The van der Waals surface area contributed by atoms with Gasteiger partial charge < -0.3 is 9.47 Å². The third-order valence-electron chi connectivity index (χ3n) is 3.01. The molecule has 0 atom stereocenters. The van der Waals surface area contributed by atoms with Gasteiger partial charge >= 0.3 is 0 Å². The van der Waals surface area contributed by atoms with E-state index in [-0.39, 0.29) is 0 Å². The second-order valence-corrected chi connectivity index (χ2v) is 4.64. The highest BCUT2D eigenvalue weighted by Gasteiger charge is 2.21. The zero-order chi connectivity index (χ0) is 11.1. The van der Waals surface area contributed by atoms with Crippen molar-refractivity contribution in [3.63, 3.8) is 0 Å². The molecule has 0 spiro atoms. The summed E-state index contributed by atoms with van der Waals surface area (Å²) >= 11 is 0. The van der Waals surface area contributed by atoms with Crippen LogP contribution in [0.3, 0.4) is 0 Å². The lowest BCUT2D eigenvalue weighted by molar-refractivity contribution is 0.109. The Kier molecular flexibility index (Phi) is 2.26. The summed E-state index contributed by atoms with van der Waals surface area (Å²) in [4.78, 5) is 4.31. The van der Waals surface area contributed by atoms with Gasteiger partial charge in [-0.15, -0.1) is 0 Å². The van der Waals surface area contributed by atoms with Gasteiger partial charge in [-0.1, -0.05) is 0 Å². The number of rotatable bonds is 0. The van der Waals surface area contributed by atoms with Crippen LogP contribution >= 0.6 is 0 Å². The van der Waals surface area contributed by atoms with Crippen molar-refractivity contribution in [2.75, 3.05) is 27.6 Å². The lowest BCUT2D eigenvalue weighted by Gasteiger charge is -2.30. The summed E-state index contributed by atoms with van der Waals surface area (Å²) in [6.07, 6.45) is 0. The summed E-state index contributed by atoms with van der Waals surface area (Å²) in [6, 6.07) is 4.24. The fourth-order valence-electron chi connectivity index (χ4n) is 2.21. The number of fused-ring (bicyclic) bond motifs is 2. The second kappa shape index (κ2) is 3.64. The van der Waals surface area contributed by atoms with E-state index in [1.807, 2.05) is 6.07 Å². The molecule has 0 aromatic heterocycles. The van der Waals surface area contributed by atoms with E-state index >= 15 is 0 Å². The Labute approximate surface area is 95.4 Å². The molecule has 0 N–H and O–H groups in total. The Hall–Kier alpha value is -1.26. The van der Waals surface area contributed by atoms with Crippen LogP contribution < -0.4 is 9.47 Å². The molecule has 0 radical (unpaired) electrons. The summed E-state index contributed by atoms with van der Waals surface area (Å²) in [6.45, 7) is 3.22. The van der Waals surface area contributed by atoms with Gasteiger partial charge in [-0.2, -0.15) is 0 Å². The van der Waals surface area contributed by atoms with Crippen LogP contribution in [0.5, 0.6) is 11.5 Å². The Morgan fingerprint density at radius 1 is 0.875 bits per heavy atom. The van der Waals surface area contributed by atoms with Gasteiger partial charge in [0.2, 0.25) is 0 Å². The van der Waals surface area contributed by atoms with Crippen molar-refractivity contribution in [1.29, 1.82) is 0 Å². The van der Waals surface area contributed by atoms with E-state index in [1.165, 1.54) is 11.1 Å². The molecule has 0 saturated heterocycles. The standard InChI is InChI=1S/C12H16N2O2/c1-13-5-9-3-10-6-14(2)8-16-12(10)4-11(9)15-7-13/h3-4H,5-8H2,1-2H3. The van der Waals surface area contributed by atoms with E-state index < -0.39 is 0 Å². The number of nitrogens with zero attached hydrogens (tertiary/aromatic N) is 2. The molecule has 0 bridgehead atoms. The molecule has 4 nitrogen and oxygen atoms in total. The number of ether oxygens (including phenoxy) is 2. The van der Waals surface area contributed by atoms with E-state index in [1.54, 1.807) is 0 Å². The summed E-state index contributed by atoms with van der Waals surface area (Å²) in [5.74, 6) is 1.95. The molecule has 1 aromatic carbocycles. The molecule has 3 rings (SSSR count). The Balaban J connectivity index is 1.99. The molecule has 4 heteroatoms. The smallest absolute Gasteiger partial charge is 0.142 e. The van der Waals surface area contributed by atoms with E-state index in [0.29, 0.717) is 13.5 Å². The van der Waals surface area contributed by atoms with Crippen LogP contribution in [0.25, 0.3) is 0 Å². The molecular weight excluding hydrogens is 204 g/mol. The first-order valence-electron chi connectivity index (χ1n) is 5.51. The summed E-state index contributed by atoms with van der Waals surface area (Å²) in [5, 5.41) is 0. The molecule has 2 heterocycles. The van der Waals surface area contributed by atoms with E-state index in [0.717, 1.165) is 24.6 Å². The highest BCUT2D eigenvalue weighted by atomic mass is 16.5. The van der Waals surface area contributed by atoms with Gasteiger partial charge in [0.05, 0.1) is 0 Å². The molecule has 0 unspecified atom stereocenters. The third-order valence-corrected chi connectivity index (χ3v) is 3.01. The first-order chi connectivity index (χ1) is 7.72. The molecule has 86 valence electrons. The van der Waals surface area contributed by atoms with Crippen molar-refractivity contribution in [1.82, 2.24) is 9.80 Å². The van der Waals surface area contributed by atoms with Crippen molar-refractivity contribution in [3.8, 4) is 11.5 Å². The second-order valence-electron chi connectivity index (χ2n) is 4.64. The third kappa shape index (κ3) is 1.64. The minimum absolute atomic E-state index is 0.658. The normalized spacial score (nSPS) is 20.6. The minimum Gasteiger partial charge on any atom is -0.478 e. The van der Waals surface area contributed by atoms with Gasteiger partial charge in [0.1, 0.15) is 25.0 Å². The van der Waals surface area contributed by atoms with Crippen molar-refractivity contribution in [2.45, 2.75) is 13.1 Å². The van der Waals surface area contributed by atoms with Gasteiger partial charge in [-0.25, -0.2) is 0 Å². The molecule has 1 aromatic rings. The number of hydrogen-bond donors (Lipinski definition) is 0. The van der Waals surface area contributed by atoms with Crippen LogP contribution in [0, 0.1) is 0 Å². The first kappa shape index (κ1) is 9.93. The molecule has 16 heavy (non-hydrogen) atoms. The van der Waals surface area contributed by atoms with Crippen LogP contribution in [-0.2, 0) is 13.1 Å². The lowest BCUT2D eigenvalue weighted by Crippen LogP contribution is -2.31. The maximum atomic E-state index is 5.66. The summed E-state index contributed by atoms with van der Waals surface area (Å²) in [5.41, 5.74) is 2.51. The molecule has 2 aliphatic heterocycles. The Morgan fingerprint density at radius 3 is 1.88 bits per heavy atom. The van der Waals surface area contributed by atoms with Gasteiger partial charge in [0.15, 0.2) is 0 Å². The molecule has 0 amide bonds. The summed E-state index contributed by atoms with van der Waals surface area (Å²) < 4.78 is 11.3. The van der Waals surface area contributed by atoms with E-state index in [2.05, 4.69) is 30.0 Å². The molecule has 2 aliphatic rings. The van der Waals surface area contributed by atoms with Crippen LogP contribution in [0.2, 0.25) is 0 Å². The number of benzene rings is 1. The molecule has 0 fully saturated rings. The lowest BCUT2D eigenvalue weighted by atomic mass is 10.1. The zero-order valence-electron chi connectivity index (χ0n) is 9.69. The van der Waals surface area contributed by atoms with Gasteiger partial charge in [-0.05, 0) is 20.2 Å².